The monoisotopic (exact) mass is 435 g/mol. The Labute approximate surface area is 154 Å². The molecular weight excluding hydrogens is 413 g/mol. The molecule has 0 aliphatic heterocycles. The van der Waals surface area contributed by atoms with Crippen molar-refractivity contribution in [3.8, 4) is 5.75 Å². The van der Waals surface area contributed by atoms with Crippen LogP contribution in [0.3, 0.4) is 0 Å². The maximum absolute atomic E-state index is 6.01. The van der Waals surface area contributed by atoms with Crippen LogP contribution in [0.25, 0.3) is 0 Å². The van der Waals surface area contributed by atoms with Crippen LogP contribution in [0.1, 0.15) is 25.3 Å². The Kier molecular flexibility index (Phi) is 8.63. The Hall–Kier alpha value is -0.950. The first-order chi connectivity index (χ1) is 10.2. The predicted molar refractivity (Wildman–Crippen MR) is 104 cm³/mol. The molecule has 0 aromatic heterocycles. The van der Waals surface area contributed by atoms with Gasteiger partial charge in [0.15, 0.2) is 5.96 Å². The Bertz CT molecular complexity index is 526. The number of hydrogen-bond donors (Lipinski definition) is 2. The number of ether oxygens (including phenoxy) is 1. The van der Waals surface area contributed by atoms with E-state index in [1.54, 1.807) is 7.05 Å². The van der Waals surface area contributed by atoms with E-state index in [0.29, 0.717) is 24.2 Å². The van der Waals surface area contributed by atoms with Crippen LogP contribution in [-0.2, 0) is 6.54 Å². The summed E-state index contributed by atoms with van der Waals surface area (Å²) in [6.07, 6.45) is 6.48. The zero-order chi connectivity index (χ0) is 15.1. The molecule has 22 heavy (non-hydrogen) atoms. The summed E-state index contributed by atoms with van der Waals surface area (Å²) in [5, 5.41) is 7.41. The fourth-order valence-electron chi connectivity index (χ4n) is 2.27. The summed E-state index contributed by atoms with van der Waals surface area (Å²) in [7, 11) is 1.78. The molecule has 0 saturated heterocycles. The van der Waals surface area contributed by atoms with Gasteiger partial charge in [-0.1, -0.05) is 29.8 Å². The fourth-order valence-corrected chi connectivity index (χ4v) is 2.43. The lowest BCUT2D eigenvalue weighted by atomic mass is 10.2. The molecule has 0 heterocycles. The zero-order valence-corrected chi connectivity index (χ0v) is 16.0. The van der Waals surface area contributed by atoms with Gasteiger partial charge in [-0.15, -0.1) is 24.0 Å². The Morgan fingerprint density at radius 2 is 2.09 bits per heavy atom. The van der Waals surface area contributed by atoms with Gasteiger partial charge in [-0.05, 0) is 31.9 Å². The van der Waals surface area contributed by atoms with Crippen molar-refractivity contribution >= 4 is 41.5 Å². The largest absolute Gasteiger partial charge is 0.493 e. The van der Waals surface area contributed by atoms with Crippen molar-refractivity contribution < 1.29 is 4.74 Å². The Morgan fingerprint density at radius 3 is 2.73 bits per heavy atom. The van der Waals surface area contributed by atoms with Crippen LogP contribution in [0.15, 0.2) is 35.3 Å². The van der Waals surface area contributed by atoms with E-state index in [0.717, 1.165) is 30.1 Å². The molecule has 0 bridgehead atoms. The van der Waals surface area contributed by atoms with Crippen LogP contribution in [0.5, 0.6) is 5.75 Å². The van der Waals surface area contributed by atoms with Crippen molar-refractivity contribution in [2.45, 2.75) is 32.4 Å². The minimum Gasteiger partial charge on any atom is -0.493 e. The third-order valence-electron chi connectivity index (χ3n) is 3.35. The normalized spacial score (nSPS) is 14.6. The molecule has 122 valence electrons. The van der Waals surface area contributed by atoms with Crippen LogP contribution >= 0.6 is 35.6 Å². The van der Waals surface area contributed by atoms with Crippen molar-refractivity contribution in [3.05, 3.63) is 40.9 Å². The Balaban J connectivity index is 0.00000242. The SMILES string of the molecule is CCOc1cc(Cl)ccc1CNC(=NC)NC1CC=CC1.I. The average molecular weight is 436 g/mol. The Morgan fingerprint density at radius 1 is 1.36 bits per heavy atom. The molecular formula is C16H23ClIN3O. The highest BCUT2D eigenvalue weighted by atomic mass is 127. The number of benzene rings is 1. The highest BCUT2D eigenvalue weighted by Crippen LogP contribution is 2.23. The highest BCUT2D eigenvalue weighted by molar-refractivity contribution is 14.0. The average Bonchev–Trinajstić information content (AvgIpc) is 2.98. The summed E-state index contributed by atoms with van der Waals surface area (Å²) in [4.78, 5) is 4.26. The van der Waals surface area contributed by atoms with Crippen LogP contribution in [0.2, 0.25) is 5.02 Å². The summed E-state index contributed by atoms with van der Waals surface area (Å²) in [6.45, 7) is 3.23. The third kappa shape index (κ3) is 5.68. The predicted octanol–water partition coefficient (Wildman–Crippen LogP) is 3.74. The summed E-state index contributed by atoms with van der Waals surface area (Å²) < 4.78 is 5.62. The van der Waals surface area contributed by atoms with Gasteiger partial charge in [0.2, 0.25) is 0 Å². The summed E-state index contributed by atoms with van der Waals surface area (Å²) in [5.41, 5.74) is 1.06. The van der Waals surface area contributed by atoms with Gasteiger partial charge in [-0.25, -0.2) is 0 Å². The smallest absolute Gasteiger partial charge is 0.191 e. The molecule has 0 saturated carbocycles. The van der Waals surface area contributed by atoms with Gasteiger partial charge in [-0.3, -0.25) is 4.99 Å². The van der Waals surface area contributed by atoms with Gasteiger partial charge in [0, 0.05) is 30.2 Å². The number of halogens is 2. The van der Waals surface area contributed by atoms with Gasteiger partial charge in [0.25, 0.3) is 0 Å². The molecule has 0 atom stereocenters. The van der Waals surface area contributed by atoms with Gasteiger partial charge in [0.1, 0.15) is 5.75 Å². The van der Waals surface area contributed by atoms with E-state index in [1.165, 1.54) is 0 Å². The minimum atomic E-state index is 0. The van der Waals surface area contributed by atoms with E-state index in [2.05, 4.69) is 27.8 Å². The molecule has 0 fully saturated rings. The van der Waals surface area contributed by atoms with E-state index < -0.39 is 0 Å². The first-order valence-electron chi connectivity index (χ1n) is 7.26. The number of guanidine groups is 1. The molecule has 2 N–H and O–H groups in total. The lowest BCUT2D eigenvalue weighted by molar-refractivity contribution is 0.336. The summed E-state index contributed by atoms with van der Waals surface area (Å²) in [6, 6.07) is 6.13. The first-order valence-corrected chi connectivity index (χ1v) is 7.64. The van der Waals surface area contributed by atoms with Crippen molar-refractivity contribution in [1.82, 2.24) is 10.6 Å². The molecule has 1 aliphatic carbocycles. The lowest BCUT2D eigenvalue weighted by Crippen LogP contribution is -2.42. The van der Waals surface area contributed by atoms with E-state index in [-0.39, 0.29) is 24.0 Å². The summed E-state index contributed by atoms with van der Waals surface area (Å²) in [5.74, 6) is 1.62. The van der Waals surface area contributed by atoms with Crippen LogP contribution < -0.4 is 15.4 Å². The number of aliphatic imine (C=N–C) groups is 1. The number of hydrogen-bond acceptors (Lipinski definition) is 2. The second-order valence-corrected chi connectivity index (χ2v) is 5.33. The maximum Gasteiger partial charge on any atom is 0.191 e. The molecule has 6 heteroatoms. The quantitative estimate of drug-likeness (QED) is 0.320. The molecule has 2 rings (SSSR count). The van der Waals surface area contributed by atoms with Crippen LogP contribution in [-0.4, -0.2) is 25.7 Å². The zero-order valence-electron chi connectivity index (χ0n) is 12.9. The molecule has 0 unspecified atom stereocenters. The molecule has 1 aromatic carbocycles. The second kappa shape index (κ2) is 9.94. The van der Waals surface area contributed by atoms with Crippen LogP contribution in [0.4, 0.5) is 0 Å². The molecule has 4 nitrogen and oxygen atoms in total. The maximum atomic E-state index is 6.01. The molecule has 0 spiro atoms. The van der Waals surface area contributed by atoms with Gasteiger partial charge in [0.05, 0.1) is 6.61 Å². The number of nitrogens with one attached hydrogen (secondary N) is 2. The van der Waals surface area contributed by atoms with Crippen molar-refractivity contribution in [3.63, 3.8) is 0 Å². The van der Waals surface area contributed by atoms with E-state index in [9.17, 15) is 0 Å². The van der Waals surface area contributed by atoms with E-state index in [1.807, 2.05) is 25.1 Å². The molecule has 0 radical (unpaired) electrons. The molecule has 0 amide bonds. The third-order valence-corrected chi connectivity index (χ3v) is 3.58. The second-order valence-electron chi connectivity index (χ2n) is 4.89. The van der Waals surface area contributed by atoms with Gasteiger partial charge >= 0.3 is 0 Å². The number of nitrogens with zero attached hydrogens (tertiary/aromatic N) is 1. The van der Waals surface area contributed by atoms with Crippen molar-refractivity contribution in [2.75, 3.05) is 13.7 Å². The van der Waals surface area contributed by atoms with Crippen molar-refractivity contribution in [1.29, 1.82) is 0 Å². The fraction of sp³-hybridized carbons (Fsp3) is 0.438. The molecule has 1 aliphatic rings. The molecule has 1 aromatic rings. The van der Waals surface area contributed by atoms with Gasteiger partial charge in [-0.2, -0.15) is 0 Å². The van der Waals surface area contributed by atoms with Crippen LogP contribution in [0, 0.1) is 0 Å². The van der Waals surface area contributed by atoms with E-state index in [4.69, 9.17) is 16.3 Å². The highest BCUT2D eigenvalue weighted by Gasteiger charge is 2.12. The standard InChI is InChI=1S/C16H22ClN3O.HI/c1-3-21-15-10-13(17)9-8-12(15)11-19-16(18-2)20-14-6-4-5-7-14;/h4-5,8-10,14H,3,6-7,11H2,1-2H3,(H2,18,19,20);1H. The summed E-state index contributed by atoms with van der Waals surface area (Å²) >= 11 is 6.01. The lowest BCUT2D eigenvalue weighted by Gasteiger charge is -2.18. The van der Waals surface area contributed by atoms with E-state index >= 15 is 0 Å². The van der Waals surface area contributed by atoms with Crippen molar-refractivity contribution in [2.24, 2.45) is 4.99 Å². The topological polar surface area (TPSA) is 45.6 Å². The first kappa shape index (κ1) is 19.1. The number of rotatable bonds is 5. The minimum absolute atomic E-state index is 0. The van der Waals surface area contributed by atoms with Gasteiger partial charge < -0.3 is 15.4 Å².